The average molecular weight is 406 g/mol. The summed E-state index contributed by atoms with van der Waals surface area (Å²) in [4.78, 5) is 30.8. The Labute approximate surface area is 174 Å². The van der Waals surface area contributed by atoms with Crippen LogP contribution in [0.1, 0.15) is 23.5 Å². The number of rotatable bonds is 6. The largest absolute Gasteiger partial charge is 0.371 e. The van der Waals surface area contributed by atoms with Gasteiger partial charge in [-0.05, 0) is 11.1 Å². The van der Waals surface area contributed by atoms with E-state index in [-0.39, 0.29) is 24.3 Å². The first kappa shape index (κ1) is 17.7. The minimum absolute atomic E-state index is 0.0302. The number of urea groups is 2. The fraction of sp³-hybridized carbons (Fsp3) is 0.364. The van der Waals surface area contributed by atoms with E-state index in [1.807, 2.05) is 60.7 Å². The van der Waals surface area contributed by atoms with Crippen LogP contribution in [0.5, 0.6) is 0 Å². The lowest BCUT2D eigenvalue weighted by Crippen LogP contribution is -2.42. The van der Waals surface area contributed by atoms with E-state index < -0.39 is 12.3 Å². The summed E-state index contributed by atoms with van der Waals surface area (Å²) < 4.78 is 10.8. The quantitative estimate of drug-likeness (QED) is 0.692. The summed E-state index contributed by atoms with van der Waals surface area (Å²) in [6.45, 7) is 2.22. The van der Waals surface area contributed by atoms with E-state index in [1.165, 1.54) is 0 Å². The Bertz CT molecular complexity index is 884. The molecule has 4 saturated heterocycles. The summed E-state index contributed by atoms with van der Waals surface area (Å²) in [6.07, 6.45) is -0.927. The van der Waals surface area contributed by atoms with Gasteiger partial charge in [0.2, 0.25) is 0 Å². The molecule has 2 aromatic rings. The van der Waals surface area contributed by atoms with Crippen LogP contribution >= 0.6 is 0 Å². The number of hydrazine groups is 1. The molecule has 8 nitrogen and oxygen atoms in total. The number of carbonyl (C=O) groups is 2. The Hall–Kier alpha value is -3.10. The van der Waals surface area contributed by atoms with E-state index in [0.29, 0.717) is 26.3 Å². The number of epoxide rings is 2. The number of carbonyl (C=O) groups excluding carboxylic acids is 2. The Morgan fingerprint density at radius 1 is 0.667 bits per heavy atom. The molecule has 4 amide bonds. The molecule has 8 heteroatoms. The molecule has 0 N–H and O–H groups in total. The van der Waals surface area contributed by atoms with Crippen LogP contribution in [0.2, 0.25) is 0 Å². The Balaban J connectivity index is 1.44. The molecule has 154 valence electrons. The van der Waals surface area contributed by atoms with Gasteiger partial charge < -0.3 is 9.47 Å². The summed E-state index contributed by atoms with van der Waals surface area (Å²) in [5.74, 6) is 0. The van der Waals surface area contributed by atoms with Crippen molar-refractivity contribution >= 4 is 12.1 Å². The number of amides is 4. The Morgan fingerprint density at radius 3 is 1.37 bits per heavy atom. The van der Waals surface area contributed by atoms with Crippen molar-refractivity contribution in [3.63, 3.8) is 0 Å². The van der Waals surface area contributed by atoms with Crippen molar-refractivity contribution in [2.24, 2.45) is 0 Å². The second kappa shape index (κ2) is 6.72. The molecule has 0 spiro atoms. The normalized spacial score (nSPS) is 29.6. The topological polar surface area (TPSA) is 72.2 Å². The third kappa shape index (κ3) is 2.83. The minimum Gasteiger partial charge on any atom is -0.371 e. The molecular formula is C22H22N4O4. The van der Waals surface area contributed by atoms with Gasteiger partial charge in [0.25, 0.3) is 0 Å². The zero-order chi connectivity index (χ0) is 20.2. The van der Waals surface area contributed by atoms with Crippen molar-refractivity contribution in [2.75, 3.05) is 26.3 Å². The van der Waals surface area contributed by atoms with Crippen LogP contribution < -0.4 is 0 Å². The lowest BCUT2D eigenvalue weighted by molar-refractivity contribution is 0.0504. The highest BCUT2D eigenvalue weighted by atomic mass is 16.6. The van der Waals surface area contributed by atoms with Crippen LogP contribution in [0.25, 0.3) is 0 Å². The molecule has 4 heterocycles. The van der Waals surface area contributed by atoms with E-state index in [0.717, 1.165) is 11.1 Å². The van der Waals surface area contributed by atoms with Crippen molar-refractivity contribution in [2.45, 2.75) is 24.5 Å². The second-order valence-corrected chi connectivity index (χ2v) is 8.04. The summed E-state index contributed by atoms with van der Waals surface area (Å²) in [6, 6.07) is 19.1. The van der Waals surface area contributed by atoms with Crippen LogP contribution in [-0.2, 0) is 9.47 Å². The predicted molar refractivity (Wildman–Crippen MR) is 106 cm³/mol. The molecule has 4 aliphatic rings. The summed E-state index contributed by atoms with van der Waals surface area (Å²) in [5.41, 5.74) is 1.80. The van der Waals surface area contributed by atoms with Crippen molar-refractivity contribution < 1.29 is 19.1 Å². The summed E-state index contributed by atoms with van der Waals surface area (Å²) in [5, 5.41) is 3.22. The van der Waals surface area contributed by atoms with E-state index in [9.17, 15) is 9.59 Å². The number of ether oxygens (including phenoxy) is 2. The van der Waals surface area contributed by atoms with E-state index in [2.05, 4.69) is 0 Å². The zero-order valence-corrected chi connectivity index (χ0v) is 16.3. The number of hydrogen-bond acceptors (Lipinski definition) is 4. The fourth-order valence-corrected chi connectivity index (χ4v) is 4.40. The standard InChI is InChI=1S/C22H22N4O4/c27-21-23(11-17-13-29-17)19(15-7-3-1-4-8-15)25-22(28)24(12-18-14-30-18)20(26(21)25)16-9-5-2-6-10-16/h1-10,17-20H,11-14H2/t17-,18-,19-,20+/m1/s1. The van der Waals surface area contributed by atoms with Crippen LogP contribution in [-0.4, -0.2) is 70.4 Å². The SMILES string of the molecule is O=C1N(C[C@@H]2CO2)[C@H](c2ccccc2)N2C(=O)N(C[C@@H]3CO3)[C@@H](c3ccccc3)N12. The lowest BCUT2D eigenvalue weighted by Gasteiger charge is -2.29. The van der Waals surface area contributed by atoms with Gasteiger partial charge >= 0.3 is 12.1 Å². The predicted octanol–water partition coefficient (Wildman–Crippen LogP) is 2.57. The average Bonchev–Trinajstić information content (AvgIpc) is 3.70. The highest BCUT2D eigenvalue weighted by Gasteiger charge is 2.59. The molecule has 2 aromatic carbocycles. The first-order valence-electron chi connectivity index (χ1n) is 10.2. The first-order valence-corrected chi connectivity index (χ1v) is 10.2. The first-order chi connectivity index (χ1) is 14.7. The number of nitrogens with zero attached hydrogens (tertiary/aromatic N) is 4. The third-order valence-electron chi connectivity index (χ3n) is 5.97. The van der Waals surface area contributed by atoms with Gasteiger partial charge in [0.15, 0.2) is 12.3 Å². The molecule has 0 bridgehead atoms. The molecule has 4 fully saturated rings. The molecule has 30 heavy (non-hydrogen) atoms. The molecule has 0 unspecified atom stereocenters. The Morgan fingerprint density at radius 2 is 1.03 bits per heavy atom. The maximum absolute atomic E-state index is 13.7. The molecule has 6 rings (SSSR count). The van der Waals surface area contributed by atoms with Gasteiger partial charge in [-0.3, -0.25) is 9.80 Å². The summed E-state index contributed by atoms with van der Waals surface area (Å²) in [7, 11) is 0. The number of benzene rings is 2. The van der Waals surface area contributed by atoms with Crippen LogP contribution in [0.4, 0.5) is 9.59 Å². The van der Waals surface area contributed by atoms with Gasteiger partial charge in [-0.2, -0.15) is 0 Å². The van der Waals surface area contributed by atoms with Gasteiger partial charge in [0.1, 0.15) is 0 Å². The third-order valence-corrected chi connectivity index (χ3v) is 5.97. The molecule has 4 aliphatic heterocycles. The molecule has 0 saturated carbocycles. The van der Waals surface area contributed by atoms with Gasteiger partial charge in [0, 0.05) is 0 Å². The van der Waals surface area contributed by atoms with Crippen LogP contribution in [0, 0.1) is 0 Å². The van der Waals surface area contributed by atoms with Crippen molar-refractivity contribution in [3.8, 4) is 0 Å². The number of fused-ring (bicyclic) bond motifs is 1. The van der Waals surface area contributed by atoms with Gasteiger partial charge in [0.05, 0.1) is 38.5 Å². The van der Waals surface area contributed by atoms with Crippen molar-refractivity contribution in [3.05, 3.63) is 71.8 Å². The highest BCUT2D eigenvalue weighted by Crippen LogP contribution is 2.46. The molecule has 0 aromatic heterocycles. The molecule has 0 aliphatic carbocycles. The minimum atomic E-state index is -0.494. The van der Waals surface area contributed by atoms with Crippen molar-refractivity contribution in [1.29, 1.82) is 0 Å². The highest BCUT2D eigenvalue weighted by molar-refractivity contribution is 5.88. The van der Waals surface area contributed by atoms with E-state index in [4.69, 9.17) is 9.47 Å². The number of hydrogen-bond donors (Lipinski definition) is 0. The monoisotopic (exact) mass is 406 g/mol. The van der Waals surface area contributed by atoms with Gasteiger partial charge in [-0.1, -0.05) is 60.7 Å². The van der Waals surface area contributed by atoms with Crippen LogP contribution in [0.3, 0.4) is 0 Å². The molecule has 4 atom stereocenters. The van der Waals surface area contributed by atoms with Crippen molar-refractivity contribution in [1.82, 2.24) is 19.8 Å². The molecule has 0 radical (unpaired) electrons. The van der Waals surface area contributed by atoms with E-state index in [1.54, 1.807) is 19.8 Å². The molecular weight excluding hydrogens is 384 g/mol. The zero-order valence-electron chi connectivity index (χ0n) is 16.3. The second-order valence-electron chi connectivity index (χ2n) is 8.04. The summed E-state index contributed by atoms with van der Waals surface area (Å²) >= 11 is 0. The van der Waals surface area contributed by atoms with Gasteiger partial charge in [-0.15, -0.1) is 0 Å². The smallest absolute Gasteiger partial charge is 0.343 e. The Kier molecular flexibility index (Phi) is 3.97. The maximum atomic E-state index is 13.7. The maximum Gasteiger partial charge on any atom is 0.343 e. The van der Waals surface area contributed by atoms with Gasteiger partial charge in [-0.25, -0.2) is 19.6 Å². The van der Waals surface area contributed by atoms with E-state index >= 15 is 0 Å². The lowest BCUT2D eigenvalue weighted by atomic mass is 10.1. The van der Waals surface area contributed by atoms with Crippen LogP contribution in [0.15, 0.2) is 60.7 Å². The fourth-order valence-electron chi connectivity index (χ4n) is 4.40.